The molecule has 0 aliphatic rings. The summed E-state index contributed by atoms with van der Waals surface area (Å²) in [4.78, 5) is 14.9. The molecule has 0 radical (unpaired) electrons. The van der Waals surface area contributed by atoms with Crippen molar-refractivity contribution in [3.05, 3.63) is 24.0 Å². The van der Waals surface area contributed by atoms with Crippen LogP contribution in [0, 0.1) is 6.92 Å². The van der Waals surface area contributed by atoms with Crippen molar-refractivity contribution in [1.29, 1.82) is 0 Å². The van der Waals surface area contributed by atoms with Gasteiger partial charge >= 0.3 is 5.97 Å². The maximum absolute atomic E-state index is 11.0. The van der Waals surface area contributed by atoms with E-state index in [1.54, 1.807) is 18.5 Å². The molecule has 0 saturated heterocycles. The van der Waals surface area contributed by atoms with Crippen molar-refractivity contribution in [2.75, 3.05) is 13.7 Å². The Morgan fingerprint density at radius 3 is 3.00 bits per heavy atom. The van der Waals surface area contributed by atoms with Gasteiger partial charge in [0, 0.05) is 18.0 Å². The number of pyridine rings is 1. The summed E-state index contributed by atoms with van der Waals surface area (Å²) in [5.41, 5.74) is 6.41. The molecule has 0 bridgehead atoms. The third-order valence-corrected chi connectivity index (χ3v) is 1.89. The minimum Gasteiger partial charge on any atom is -0.491 e. The maximum atomic E-state index is 11.0. The molecule has 1 rings (SSSR count). The standard InChI is InChI=1S/C10H14N2O3/c1-7-5-12-4-3-9(7)15-6-8(11)10(13)14-2/h3-5,8H,6,11H2,1-2H3. The molecule has 15 heavy (non-hydrogen) atoms. The summed E-state index contributed by atoms with van der Waals surface area (Å²) in [7, 11) is 1.29. The lowest BCUT2D eigenvalue weighted by atomic mass is 10.3. The summed E-state index contributed by atoms with van der Waals surface area (Å²) >= 11 is 0. The summed E-state index contributed by atoms with van der Waals surface area (Å²) in [6.07, 6.45) is 3.30. The van der Waals surface area contributed by atoms with Gasteiger partial charge in [0.2, 0.25) is 0 Å². The van der Waals surface area contributed by atoms with Crippen molar-refractivity contribution >= 4 is 5.97 Å². The van der Waals surface area contributed by atoms with Gasteiger partial charge < -0.3 is 15.2 Å². The van der Waals surface area contributed by atoms with E-state index in [0.29, 0.717) is 5.75 Å². The van der Waals surface area contributed by atoms with Crippen molar-refractivity contribution in [3.8, 4) is 5.75 Å². The molecule has 1 aromatic heterocycles. The average molecular weight is 210 g/mol. The van der Waals surface area contributed by atoms with Crippen LogP contribution in [0.25, 0.3) is 0 Å². The van der Waals surface area contributed by atoms with E-state index >= 15 is 0 Å². The van der Waals surface area contributed by atoms with Gasteiger partial charge in [-0.15, -0.1) is 0 Å². The molecule has 5 heteroatoms. The van der Waals surface area contributed by atoms with Crippen LogP contribution in [0.4, 0.5) is 0 Å². The van der Waals surface area contributed by atoms with Gasteiger partial charge in [0.1, 0.15) is 18.4 Å². The number of carbonyl (C=O) groups is 1. The van der Waals surface area contributed by atoms with Crippen molar-refractivity contribution in [1.82, 2.24) is 4.98 Å². The lowest BCUT2D eigenvalue weighted by Gasteiger charge is -2.12. The Morgan fingerprint density at radius 1 is 1.67 bits per heavy atom. The number of aromatic nitrogens is 1. The Balaban J connectivity index is 2.50. The fourth-order valence-corrected chi connectivity index (χ4v) is 1.02. The van der Waals surface area contributed by atoms with Crippen LogP contribution in [-0.2, 0) is 9.53 Å². The number of rotatable bonds is 4. The molecule has 1 heterocycles. The van der Waals surface area contributed by atoms with Crippen LogP contribution >= 0.6 is 0 Å². The first-order valence-electron chi connectivity index (χ1n) is 4.52. The average Bonchev–Trinajstić information content (AvgIpc) is 2.26. The molecule has 1 unspecified atom stereocenters. The fourth-order valence-electron chi connectivity index (χ4n) is 1.02. The Kier molecular flexibility index (Phi) is 4.05. The summed E-state index contributed by atoms with van der Waals surface area (Å²) in [6.45, 7) is 1.96. The molecule has 0 amide bonds. The Labute approximate surface area is 88.2 Å². The first-order chi connectivity index (χ1) is 7.15. The van der Waals surface area contributed by atoms with Crippen molar-refractivity contribution in [2.24, 2.45) is 5.73 Å². The van der Waals surface area contributed by atoms with Crippen molar-refractivity contribution in [3.63, 3.8) is 0 Å². The topological polar surface area (TPSA) is 74.4 Å². The number of methoxy groups -OCH3 is 1. The fraction of sp³-hybridized carbons (Fsp3) is 0.400. The highest BCUT2D eigenvalue weighted by atomic mass is 16.5. The zero-order valence-electron chi connectivity index (χ0n) is 8.77. The molecule has 5 nitrogen and oxygen atoms in total. The van der Waals surface area contributed by atoms with E-state index in [-0.39, 0.29) is 6.61 Å². The van der Waals surface area contributed by atoms with Crippen LogP contribution in [0.2, 0.25) is 0 Å². The van der Waals surface area contributed by atoms with Gasteiger partial charge in [0.25, 0.3) is 0 Å². The molecule has 0 aromatic carbocycles. The second-order valence-electron chi connectivity index (χ2n) is 3.08. The highest BCUT2D eigenvalue weighted by Gasteiger charge is 2.14. The summed E-state index contributed by atoms with van der Waals surface area (Å²) in [6, 6.07) is 0.960. The molecule has 0 aliphatic carbocycles. The molecular weight excluding hydrogens is 196 g/mol. The summed E-state index contributed by atoms with van der Waals surface area (Å²) < 4.78 is 9.83. The van der Waals surface area contributed by atoms with Gasteiger partial charge in [-0.25, -0.2) is 0 Å². The third-order valence-electron chi connectivity index (χ3n) is 1.89. The normalized spacial score (nSPS) is 11.9. The molecule has 0 aliphatic heterocycles. The molecular formula is C10H14N2O3. The number of aryl methyl sites for hydroxylation is 1. The number of ether oxygens (including phenoxy) is 2. The molecule has 0 fully saturated rings. The SMILES string of the molecule is COC(=O)C(N)COc1ccncc1C. The van der Waals surface area contributed by atoms with Crippen LogP contribution < -0.4 is 10.5 Å². The van der Waals surface area contributed by atoms with Crippen LogP contribution in [0.3, 0.4) is 0 Å². The second-order valence-corrected chi connectivity index (χ2v) is 3.08. The van der Waals surface area contributed by atoms with Gasteiger partial charge in [-0.1, -0.05) is 0 Å². The highest BCUT2D eigenvalue weighted by Crippen LogP contribution is 2.14. The largest absolute Gasteiger partial charge is 0.491 e. The van der Waals surface area contributed by atoms with Gasteiger partial charge in [-0.3, -0.25) is 9.78 Å². The highest BCUT2D eigenvalue weighted by molar-refractivity contribution is 5.75. The monoisotopic (exact) mass is 210 g/mol. The lowest BCUT2D eigenvalue weighted by Crippen LogP contribution is -2.37. The van der Waals surface area contributed by atoms with E-state index in [2.05, 4.69) is 9.72 Å². The number of nitrogens with zero attached hydrogens (tertiary/aromatic N) is 1. The second kappa shape index (κ2) is 5.31. The molecule has 0 saturated carbocycles. The molecule has 1 atom stereocenters. The molecule has 82 valence electrons. The third kappa shape index (κ3) is 3.21. The van der Waals surface area contributed by atoms with Gasteiger partial charge in [0.15, 0.2) is 0 Å². The van der Waals surface area contributed by atoms with E-state index in [1.165, 1.54) is 7.11 Å². The minimum atomic E-state index is -0.762. The Morgan fingerprint density at radius 2 is 2.40 bits per heavy atom. The summed E-state index contributed by atoms with van der Waals surface area (Å²) in [5, 5.41) is 0. The van der Waals surface area contributed by atoms with E-state index < -0.39 is 12.0 Å². The van der Waals surface area contributed by atoms with E-state index in [1.807, 2.05) is 6.92 Å². The number of nitrogens with two attached hydrogens (primary N) is 1. The van der Waals surface area contributed by atoms with Crippen LogP contribution in [0.1, 0.15) is 5.56 Å². The quantitative estimate of drug-likeness (QED) is 0.722. The zero-order valence-corrected chi connectivity index (χ0v) is 8.77. The number of hydrogen-bond donors (Lipinski definition) is 1. The van der Waals surface area contributed by atoms with E-state index in [4.69, 9.17) is 10.5 Å². The first-order valence-corrected chi connectivity index (χ1v) is 4.52. The van der Waals surface area contributed by atoms with Gasteiger partial charge in [0.05, 0.1) is 7.11 Å². The number of hydrogen-bond acceptors (Lipinski definition) is 5. The first kappa shape index (κ1) is 11.5. The maximum Gasteiger partial charge on any atom is 0.326 e. The lowest BCUT2D eigenvalue weighted by molar-refractivity contribution is -0.142. The van der Waals surface area contributed by atoms with Gasteiger partial charge in [-0.2, -0.15) is 0 Å². The predicted octanol–water partition coefficient (Wildman–Crippen LogP) is 0.269. The summed E-state index contributed by atoms with van der Waals surface area (Å²) in [5.74, 6) is 0.186. The smallest absolute Gasteiger partial charge is 0.326 e. The van der Waals surface area contributed by atoms with Crippen molar-refractivity contribution in [2.45, 2.75) is 13.0 Å². The molecule has 0 spiro atoms. The van der Waals surface area contributed by atoms with Crippen molar-refractivity contribution < 1.29 is 14.3 Å². The van der Waals surface area contributed by atoms with Crippen LogP contribution in [0.5, 0.6) is 5.75 Å². The minimum absolute atomic E-state index is 0.0948. The molecule has 1 aromatic rings. The molecule has 2 N–H and O–H groups in total. The van der Waals surface area contributed by atoms with E-state index in [9.17, 15) is 4.79 Å². The van der Waals surface area contributed by atoms with Crippen LogP contribution in [-0.4, -0.2) is 30.7 Å². The van der Waals surface area contributed by atoms with Crippen LogP contribution in [0.15, 0.2) is 18.5 Å². The number of esters is 1. The van der Waals surface area contributed by atoms with Gasteiger partial charge in [-0.05, 0) is 13.0 Å². The Hall–Kier alpha value is -1.62. The van der Waals surface area contributed by atoms with E-state index in [0.717, 1.165) is 5.56 Å². The zero-order chi connectivity index (χ0) is 11.3. The number of carbonyl (C=O) groups excluding carboxylic acids is 1. The Bertz CT molecular complexity index is 341. The predicted molar refractivity (Wildman–Crippen MR) is 54.5 cm³/mol.